The van der Waals surface area contributed by atoms with E-state index in [9.17, 15) is 4.79 Å². The number of carbonyl (C=O) groups excluding carboxylic acids is 1. The topological polar surface area (TPSA) is 50.1 Å². The Balaban J connectivity index is 1.54. The molecule has 1 aliphatic heterocycles. The minimum absolute atomic E-state index is 0.235. The molecule has 4 aromatic rings. The maximum Gasteiger partial charge on any atom is 0.222 e. The third-order valence-corrected chi connectivity index (χ3v) is 6.57. The molecule has 6 heteroatoms. The lowest BCUT2D eigenvalue weighted by atomic mass is 10.1. The molecule has 6 nitrogen and oxygen atoms in total. The van der Waals surface area contributed by atoms with Crippen LogP contribution in [-0.2, 0) is 11.3 Å². The zero-order valence-corrected chi connectivity index (χ0v) is 19.8. The minimum atomic E-state index is 0.235. The van der Waals surface area contributed by atoms with Crippen molar-refractivity contribution in [1.82, 2.24) is 19.2 Å². The molecular formula is C28H30N4O2. The van der Waals surface area contributed by atoms with Gasteiger partial charge in [-0.2, -0.15) is 0 Å². The number of amides is 1. The van der Waals surface area contributed by atoms with Crippen LogP contribution in [0.2, 0.25) is 0 Å². The number of pyridine rings is 1. The fourth-order valence-electron chi connectivity index (χ4n) is 4.64. The third-order valence-electron chi connectivity index (χ3n) is 6.57. The molecule has 0 radical (unpaired) electrons. The summed E-state index contributed by atoms with van der Waals surface area (Å²) in [5.74, 6) is 1.05. The van der Waals surface area contributed by atoms with Gasteiger partial charge < -0.3 is 14.0 Å². The van der Waals surface area contributed by atoms with Gasteiger partial charge in [0.15, 0.2) is 0 Å². The average Bonchev–Trinajstić information content (AvgIpc) is 3.26. The summed E-state index contributed by atoms with van der Waals surface area (Å²) in [7, 11) is 1.69. The van der Waals surface area contributed by atoms with Gasteiger partial charge in [-0.3, -0.25) is 9.69 Å². The van der Waals surface area contributed by atoms with Crippen LogP contribution in [0.1, 0.15) is 19.0 Å². The van der Waals surface area contributed by atoms with E-state index in [1.54, 1.807) is 7.11 Å². The lowest BCUT2D eigenvalue weighted by molar-refractivity contribution is -0.132. The van der Waals surface area contributed by atoms with Crippen LogP contribution in [0, 0.1) is 0 Å². The van der Waals surface area contributed by atoms with Crippen molar-refractivity contribution in [3.05, 3.63) is 78.6 Å². The van der Waals surface area contributed by atoms with E-state index >= 15 is 0 Å². The number of hydrogen-bond donors (Lipinski definition) is 0. The Hall–Kier alpha value is -3.64. The standard InChI is InChI=1S/C28H30N4O2/c1-3-27(33)31-16-14-30(15-17-31)20-25-28(22-10-7-11-24(18-22)34-2)29-26-13-12-23(19-32(25)26)21-8-5-4-6-9-21/h4-13,18-19H,3,14-17,20H2,1-2H3. The molecule has 1 amide bonds. The van der Waals surface area contributed by atoms with Gasteiger partial charge >= 0.3 is 0 Å². The highest BCUT2D eigenvalue weighted by atomic mass is 16.5. The molecule has 1 saturated heterocycles. The van der Waals surface area contributed by atoms with Crippen molar-refractivity contribution in [3.63, 3.8) is 0 Å². The molecule has 0 aliphatic carbocycles. The molecule has 1 fully saturated rings. The predicted molar refractivity (Wildman–Crippen MR) is 135 cm³/mol. The van der Waals surface area contributed by atoms with Gasteiger partial charge in [-0.05, 0) is 35.4 Å². The zero-order chi connectivity index (χ0) is 23.5. The second-order valence-corrected chi connectivity index (χ2v) is 8.66. The number of methoxy groups -OCH3 is 1. The number of fused-ring (bicyclic) bond motifs is 1. The van der Waals surface area contributed by atoms with Crippen molar-refractivity contribution < 1.29 is 9.53 Å². The molecule has 1 aliphatic rings. The van der Waals surface area contributed by atoms with E-state index in [1.165, 1.54) is 5.56 Å². The molecule has 2 aromatic carbocycles. The van der Waals surface area contributed by atoms with E-state index < -0.39 is 0 Å². The highest BCUT2D eigenvalue weighted by molar-refractivity contribution is 5.76. The van der Waals surface area contributed by atoms with Crippen LogP contribution in [0.3, 0.4) is 0 Å². The highest BCUT2D eigenvalue weighted by Crippen LogP contribution is 2.30. The van der Waals surface area contributed by atoms with Crippen molar-refractivity contribution in [2.45, 2.75) is 19.9 Å². The van der Waals surface area contributed by atoms with Gasteiger partial charge in [-0.15, -0.1) is 0 Å². The number of rotatable bonds is 6. The maximum atomic E-state index is 12.1. The quantitative estimate of drug-likeness (QED) is 0.423. The number of ether oxygens (including phenoxy) is 1. The first-order valence-corrected chi connectivity index (χ1v) is 11.9. The number of benzene rings is 2. The summed E-state index contributed by atoms with van der Waals surface area (Å²) >= 11 is 0. The normalized spacial score (nSPS) is 14.5. The second kappa shape index (κ2) is 9.69. The number of piperazine rings is 1. The van der Waals surface area contributed by atoms with Crippen LogP contribution in [0.5, 0.6) is 5.75 Å². The summed E-state index contributed by atoms with van der Waals surface area (Å²) in [6.45, 7) is 5.95. The Kier molecular flexibility index (Phi) is 6.32. The van der Waals surface area contributed by atoms with Crippen LogP contribution in [0.25, 0.3) is 28.0 Å². The van der Waals surface area contributed by atoms with Gasteiger partial charge in [-0.1, -0.05) is 49.4 Å². The lowest BCUT2D eigenvalue weighted by Crippen LogP contribution is -2.48. The number of carbonyl (C=O) groups is 1. The molecule has 2 aromatic heterocycles. The average molecular weight is 455 g/mol. The number of imidazole rings is 1. The molecule has 3 heterocycles. The molecule has 0 saturated carbocycles. The first kappa shape index (κ1) is 22.2. The largest absolute Gasteiger partial charge is 0.497 e. The molecule has 0 unspecified atom stereocenters. The smallest absolute Gasteiger partial charge is 0.222 e. The fraction of sp³-hybridized carbons (Fsp3) is 0.286. The Morgan fingerprint density at radius 2 is 1.68 bits per heavy atom. The summed E-state index contributed by atoms with van der Waals surface area (Å²) in [6.07, 6.45) is 2.75. The molecule has 5 rings (SSSR count). The van der Waals surface area contributed by atoms with Gasteiger partial charge in [0.2, 0.25) is 5.91 Å². The number of nitrogens with zero attached hydrogens (tertiary/aromatic N) is 4. The first-order valence-electron chi connectivity index (χ1n) is 11.9. The first-order chi connectivity index (χ1) is 16.7. The van der Waals surface area contributed by atoms with Gasteiger partial charge in [0, 0.05) is 50.9 Å². The Bertz CT molecular complexity index is 1290. The van der Waals surface area contributed by atoms with Crippen molar-refractivity contribution in [3.8, 4) is 28.1 Å². The second-order valence-electron chi connectivity index (χ2n) is 8.66. The van der Waals surface area contributed by atoms with Gasteiger partial charge in [-0.25, -0.2) is 4.98 Å². The highest BCUT2D eigenvalue weighted by Gasteiger charge is 2.23. The van der Waals surface area contributed by atoms with E-state index in [-0.39, 0.29) is 5.91 Å². The summed E-state index contributed by atoms with van der Waals surface area (Å²) in [5.41, 5.74) is 6.42. The molecule has 0 spiro atoms. The van der Waals surface area contributed by atoms with E-state index in [0.29, 0.717) is 6.42 Å². The SMILES string of the molecule is CCC(=O)N1CCN(Cc2c(-c3cccc(OC)c3)nc3ccc(-c4ccccc4)cn23)CC1. The summed E-state index contributed by atoms with van der Waals surface area (Å²) in [5, 5.41) is 0. The van der Waals surface area contributed by atoms with Crippen LogP contribution in [-0.4, -0.2) is 58.4 Å². The maximum absolute atomic E-state index is 12.1. The zero-order valence-electron chi connectivity index (χ0n) is 19.8. The van der Waals surface area contributed by atoms with Crippen LogP contribution in [0.4, 0.5) is 0 Å². The molecule has 0 atom stereocenters. The van der Waals surface area contributed by atoms with Gasteiger partial charge in [0.05, 0.1) is 18.5 Å². The molecule has 0 N–H and O–H groups in total. The van der Waals surface area contributed by atoms with E-state index in [2.05, 4.69) is 58.0 Å². The Morgan fingerprint density at radius 1 is 0.912 bits per heavy atom. The van der Waals surface area contributed by atoms with E-state index in [0.717, 1.165) is 66.6 Å². The molecule has 0 bridgehead atoms. The Labute approximate surface area is 200 Å². The number of hydrogen-bond acceptors (Lipinski definition) is 4. The fourth-order valence-corrected chi connectivity index (χ4v) is 4.64. The molecule has 174 valence electrons. The number of aromatic nitrogens is 2. The lowest BCUT2D eigenvalue weighted by Gasteiger charge is -2.34. The predicted octanol–water partition coefficient (Wildman–Crippen LogP) is 4.73. The van der Waals surface area contributed by atoms with Crippen LogP contribution >= 0.6 is 0 Å². The Morgan fingerprint density at radius 3 is 2.41 bits per heavy atom. The molecule has 34 heavy (non-hydrogen) atoms. The van der Waals surface area contributed by atoms with Gasteiger partial charge in [0.1, 0.15) is 11.4 Å². The van der Waals surface area contributed by atoms with Crippen LogP contribution < -0.4 is 4.74 Å². The summed E-state index contributed by atoms with van der Waals surface area (Å²) in [6, 6.07) is 22.7. The van der Waals surface area contributed by atoms with Crippen molar-refractivity contribution in [2.24, 2.45) is 0 Å². The summed E-state index contributed by atoms with van der Waals surface area (Å²) < 4.78 is 7.70. The van der Waals surface area contributed by atoms with Crippen LogP contribution in [0.15, 0.2) is 72.9 Å². The van der Waals surface area contributed by atoms with Crippen molar-refractivity contribution in [1.29, 1.82) is 0 Å². The minimum Gasteiger partial charge on any atom is -0.497 e. The monoisotopic (exact) mass is 454 g/mol. The third kappa shape index (κ3) is 4.41. The van der Waals surface area contributed by atoms with E-state index in [4.69, 9.17) is 9.72 Å². The summed E-state index contributed by atoms with van der Waals surface area (Å²) in [4.78, 5) is 21.5. The van der Waals surface area contributed by atoms with Gasteiger partial charge in [0.25, 0.3) is 0 Å². The molecular weight excluding hydrogens is 424 g/mol. The van der Waals surface area contributed by atoms with Crippen molar-refractivity contribution in [2.75, 3.05) is 33.3 Å². The van der Waals surface area contributed by atoms with Crippen molar-refractivity contribution >= 4 is 11.6 Å². The van der Waals surface area contributed by atoms with E-state index in [1.807, 2.05) is 36.1 Å².